The number of rotatable bonds is 10. The lowest BCUT2D eigenvalue weighted by Gasteiger charge is -2.33. The van der Waals surface area contributed by atoms with Gasteiger partial charge < -0.3 is 10.2 Å². The number of aryl methyl sites for hydroxylation is 1. The highest BCUT2D eigenvalue weighted by Crippen LogP contribution is 2.26. The average Bonchev–Trinajstić information content (AvgIpc) is 2.87. The van der Waals surface area contributed by atoms with Crippen molar-refractivity contribution in [3.8, 4) is 0 Å². The van der Waals surface area contributed by atoms with E-state index in [0.29, 0.717) is 17.1 Å². The Balaban J connectivity index is 2.05. The predicted molar refractivity (Wildman–Crippen MR) is 142 cm³/mol. The van der Waals surface area contributed by atoms with Crippen LogP contribution in [0.3, 0.4) is 0 Å². The molecule has 7 nitrogen and oxygen atoms in total. The fraction of sp³-hybridized carbons (Fsp3) is 0.259. The van der Waals surface area contributed by atoms with E-state index < -0.39 is 28.5 Å². The Bertz CT molecular complexity index is 1300. The van der Waals surface area contributed by atoms with Gasteiger partial charge in [-0.15, -0.1) is 0 Å². The summed E-state index contributed by atoms with van der Waals surface area (Å²) in [6.45, 7) is 3.34. The Morgan fingerprint density at radius 3 is 2.22 bits per heavy atom. The lowest BCUT2D eigenvalue weighted by Crippen LogP contribution is -2.51. The fourth-order valence-corrected chi connectivity index (χ4v) is 5.44. The minimum atomic E-state index is -4.12. The molecular weight excluding hydrogens is 498 g/mol. The molecule has 190 valence electrons. The van der Waals surface area contributed by atoms with Crippen LogP contribution in [0.4, 0.5) is 5.69 Å². The third-order valence-electron chi connectivity index (χ3n) is 5.80. The first kappa shape index (κ1) is 27.2. The van der Waals surface area contributed by atoms with E-state index in [2.05, 4.69) is 5.32 Å². The summed E-state index contributed by atoms with van der Waals surface area (Å²) in [5.74, 6) is -0.808. The maximum Gasteiger partial charge on any atom is 0.264 e. The molecular formula is C27H30ClN3O4S. The molecule has 2 amide bonds. The van der Waals surface area contributed by atoms with Crippen LogP contribution in [0.1, 0.15) is 24.5 Å². The van der Waals surface area contributed by atoms with Gasteiger partial charge in [0.15, 0.2) is 0 Å². The lowest BCUT2D eigenvalue weighted by atomic mass is 10.1. The third kappa shape index (κ3) is 6.44. The summed E-state index contributed by atoms with van der Waals surface area (Å²) in [6, 6.07) is 21.3. The van der Waals surface area contributed by atoms with Crippen LogP contribution in [0.2, 0.25) is 5.02 Å². The molecule has 3 aromatic carbocycles. The van der Waals surface area contributed by atoms with Gasteiger partial charge in [-0.3, -0.25) is 13.9 Å². The SMILES string of the molecule is CC[C@H](C(=O)NC)N(Cc1ccccc1)C(=O)CN(c1cccc(C)c1)S(=O)(=O)c1ccc(Cl)cc1. The van der Waals surface area contributed by atoms with Gasteiger partial charge in [0.25, 0.3) is 10.0 Å². The van der Waals surface area contributed by atoms with Gasteiger partial charge in [-0.05, 0) is 60.9 Å². The number of nitrogens with zero attached hydrogens (tertiary/aromatic N) is 2. The first-order chi connectivity index (χ1) is 17.2. The van der Waals surface area contributed by atoms with E-state index in [1.807, 2.05) is 50.2 Å². The molecule has 0 saturated heterocycles. The predicted octanol–water partition coefficient (Wildman–Crippen LogP) is 4.40. The van der Waals surface area contributed by atoms with Crippen LogP contribution < -0.4 is 9.62 Å². The highest BCUT2D eigenvalue weighted by molar-refractivity contribution is 7.92. The summed E-state index contributed by atoms with van der Waals surface area (Å²) in [5, 5.41) is 3.01. The van der Waals surface area contributed by atoms with Crippen molar-refractivity contribution in [1.82, 2.24) is 10.2 Å². The molecule has 9 heteroatoms. The molecule has 3 rings (SSSR count). The second-order valence-electron chi connectivity index (χ2n) is 8.35. The second kappa shape index (κ2) is 12.1. The van der Waals surface area contributed by atoms with Crippen molar-refractivity contribution in [2.24, 2.45) is 0 Å². The largest absolute Gasteiger partial charge is 0.357 e. The van der Waals surface area contributed by atoms with Gasteiger partial charge in [-0.25, -0.2) is 8.42 Å². The first-order valence-electron chi connectivity index (χ1n) is 11.6. The summed E-state index contributed by atoms with van der Waals surface area (Å²) in [5.41, 5.74) is 2.02. The summed E-state index contributed by atoms with van der Waals surface area (Å²) >= 11 is 5.97. The second-order valence-corrected chi connectivity index (χ2v) is 10.6. The number of halogens is 1. The van der Waals surface area contributed by atoms with Gasteiger partial charge in [0.2, 0.25) is 11.8 Å². The van der Waals surface area contributed by atoms with Crippen molar-refractivity contribution in [3.05, 3.63) is 95.0 Å². The Morgan fingerprint density at radius 1 is 0.972 bits per heavy atom. The van der Waals surface area contributed by atoms with E-state index in [-0.39, 0.29) is 17.3 Å². The molecule has 0 aliphatic heterocycles. The van der Waals surface area contributed by atoms with E-state index in [1.165, 1.54) is 36.2 Å². The van der Waals surface area contributed by atoms with E-state index in [9.17, 15) is 18.0 Å². The molecule has 0 saturated carbocycles. The number of benzene rings is 3. The number of likely N-dealkylation sites (N-methyl/N-ethyl adjacent to an activating group) is 1. The number of carbonyl (C=O) groups is 2. The molecule has 0 aliphatic carbocycles. The molecule has 0 aliphatic rings. The monoisotopic (exact) mass is 527 g/mol. The number of anilines is 1. The van der Waals surface area contributed by atoms with Gasteiger partial charge >= 0.3 is 0 Å². The average molecular weight is 528 g/mol. The minimum absolute atomic E-state index is 0.00848. The third-order valence-corrected chi connectivity index (χ3v) is 7.84. The molecule has 0 bridgehead atoms. The number of sulfonamides is 1. The summed E-state index contributed by atoms with van der Waals surface area (Å²) in [7, 11) is -2.61. The van der Waals surface area contributed by atoms with E-state index in [1.54, 1.807) is 18.2 Å². The van der Waals surface area contributed by atoms with Crippen molar-refractivity contribution in [2.75, 3.05) is 17.9 Å². The zero-order valence-corrected chi connectivity index (χ0v) is 22.1. The van der Waals surface area contributed by atoms with Gasteiger partial charge in [0.05, 0.1) is 10.6 Å². The highest BCUT2D eigenvalue weighted by atomic mass is 35.5. The van der Waals surface area contributed by atoms with E-state index >= 15 is 0 Å². The highest BCUT2D eigenvalue weighted by Gasteiger charge is 2.33. The minimum Gasteiger partial charge on any atom is -0.357 e. The van der Waals surface area contributed by atoms with Crippen molar-refractivity contribution < 1.29 is 18.0 Å². The molecule has 0 aromatic heterocycles. The van der Waals surface area contributed by atoms with E-state index in [4.69, 9.17) is 11.6 Å². The quantitative estimate of drug-likeness (QED) is 0.423. The molecule has 0 radical (unpaired) electrons. The molecule has 0 unspecified atom stereocenters. The Labute approximate surface area is 217 Å². The topological polar surface area (TPSA) is 86.8 Å². The van der Waals surface area contributed by atoms with E-state index in [0.717, 1.165) is 15.4 Å². The lowest BCUT2D eigenvalue weighted by molar-refractivity contribution is -0.140. The Kier molecular flexibility index (Phi) is 9.12. The summed E-state index contributed by atoms with van der Waals surface area (Å²) in [4.78, 5) is 27.9. The molecule has 0 fully saturated rings. The van der Waals surface area contributed by atoms with Crippen LogP contribution in [0.25, 0.3) is 0 Å². The molecule has 1 atom stereocenters. The number of hydrogen-bond acceptors (Lipinski definition) is 4. The van der Waals surface area contributed by atoms with Crippen molar-refractivity contribution in [3.63, 3.8) is 0 Å². The smallest absolute Gasteiger partial charge is 0.264 e. The normalized spacial score (nSPS) is 12.0. The molecule has 36 heavy (non-hydrogen) atoms. The van der Waals surface area contributed by atoms with Gasteiger partial charge in [0.1, 0.15) is 12.6 Å². The Hall–Kier alpha value is -3.36. The van der Waals surface area contributed by atoms with Gasteiger partial charge in [-0.1, -0.05) is 61.0 Å². The van der Waals surface area contributed by atoms with Crippen LogP contribution in [-0.2, 0) is 26.2 Å². The number of carbonyl (C=O) groups excluding carboxylic acids is 2. The van der Waals surface area contributed by atoms with Crippen LogP contribution in [0, 0.1) is 6.92 Å². The zero-order valence-electron chi connectivity index (χ0n) is 20.5. The summed E-state index contributed by atoms with van der Waals surface area (Å²) in [6.07, 6.45) is 0.368. The molecule has 0 spiro atoms. The number of hydrogen-bond donors (Lipinski definition) is 1. The molecule has 3 aromatic rings. The Morgan fingerprint density at radius 2 is 1.64 bits per heavy atom. The van der Waals surface area contributed by atoms with Gasteiger partial charge in [-0.2, -0.15) is 0 Å². The van der Waals surface area contributed by atoms with Crippen molar-refractivity contribution in [1.29, 1.82) is 0 Å². The fourth-order valence-electron chi connectivity index (χ4n) is 3.91. The van der Waals surface area contributed by atoms with Crippen molar-refractivity contribution >= 4 is 39.1 Å². The molecule has 1 N–H and O–H groups in total. The molecule has 0 heterocycles. The van der Waals surface area contributed by atoms with Crippen LogP contribution >= 0.6 is 11.6 Å². The number of nitrogens with one attached hydrogen (secondary N) is 1. The first-order valence-corrected chi connectivity index (χ1v) is 13.4. The maximum atomic E-state index is 13.8. The zero-order chi connectivity index (χ0) is 26.3. The summed E-state index contributed by atoms with van der Waals surface area (Å²) < 4.78 is 28.6. The van der Waals surface area contributed by atoms with Crippen LogP contribution in [0.5, 0.6) is 0 Å². The maximum absolute atomic E-state index is 13.8. The number of amides is 2. The van der Waals surface area contributed by atoms with Crippen LogP contribution in [0.15, 0.2) is 83.8 Å². The van der Waals surface area contributed by atoms with Crippen LogP contribution in [-0.4, -0.2) is 44.8 Å². The van der Waals surface area contributed by atoms with Crippen molar-refractivity contribution in [2.45, 2.75) is 37.8 Å². The standard InChI is InChI=1S/C27H30ClN3O4S/c1-4-25(27(33)29-3)30(18-21-10-6-5-7-11-21)26(32)19-31(23-12-8-9-20(2)17-23)36(34,35)24-15-13-22(28)14-16-24/h5-17,25H,4,18-19H2,1-3H3,(H,29,33)/t25-/m1/s1. The van der Waals surface area contributed by atoms with Gasteiger partial charge in [0, 0.05) is 18.6 Å².